The molecule has 8 heteroatoms. The highest BCUT2D eigenvalue weighted by molar-refractivity contribution is 7.15. The fourth-order valence-corrected chi connectivity index (χ4v) is 2.34. The van der Waals surface area contributed by atoms with E-state index in [9.17, 15) is 18.3 Å². The average molecular weight is 332 g/mol. The topological polar surface area (TPSA) is 54.4 Å². The molecule has 4 nitrogen and oxygen atoms in total. The first-order chi connectivity index (χ1) is 10.3. The number of nitrogens with zero attached hydrogens (tertiary/aromatic N) is 1. The molecule has 0 spiro atoms. The van der Waals surface area contributed by atoms with E-state index >= 15 is 0 Å². The van der Waals surface area contributed by atoms with Crippen molar-refractivity contribution in [3.05, 3.63) is 40.9 Å². The van der Waals surface area contributed by atoms with E-state index in [1.807, 2.05) is 25.1 Å². The Morgan fingerprint density at radius 1 is 1.41 bits per heavy atom. The van der Waals surface area contributed by atoms with Crippen molar-refractivity contribution in [3.63, 3.8) is 0 Å². The van der Waals surface area contributed by atoms with E-state index in [1.165, 1.54) is 0 Å². The standard InChI is InChI=1S/C14H15F3N2O2S/c1-9-3-2-4-11(5-9)21-8-10(20)6-18-13-19-7-12(22-13)14(15,16)17/h2-5,7,10,20H,6,8H2,1H3,(H,18,19). The first-order valence-corrected chi connectivity index (χ1v) is 7.30. The number of nitrogens with one attached hydrogen (secondary N) is 1. The van der Waals surface area contributed by atoms with Gasteiger partial charge in [-0.05, 0) is 24.6 Å². The Morgan fingerprint density at radius 2 is 2.18 bits per heavy atom. The third-order valence-electron chi connectivity index (χ3n) is 2.71. The van der Waals surface area contributed by atoms with Gasteiger partial charge >= 0.3 is 6.18 Å². The van der Waals surface area contributed by atoms with Gasteiger partial charge in [-0.2, -0.15) is 13.2 Å². The molecule has 0 aliphatic carbocycles. The van der Waals surface area contributed by atoms with E-state index in [0.717, 1.165) is 11.8 Å². The number of aromatic nitrogens is 1. The summed E-state index contributed by atoms with van der Waals surface area (Å²) in [7, 11) is 0. The lowest BCUT2D eigenvalue weighted by Crippen LogP contribution is -2.26. The molecule has 1 atom stereocenters. The van der Waals surface area contributed by atoms with Crippen LogP contribution in [0.1, 0.15) is 10.4 Å². The predicted octanol–water partition coefficient (Wildman–Crippen LogP) is 3.32. The fraction of sp³-hybridized carbons (Fsp3) is 0.357. The number of anilines is 1. The lowest BCUT2D eigenvalue weighted by Gasteiger charge is -2.13. The number of alkyl halides is 3. The summed E-state index contributed by atoms with van der Waals surface area (Å²) in [5, 5.41) is 12.5. The molecule has 22 heavy (non-hydrogen) atoms. The van der Waals surface area contributed by atoms with Gasteiger partial charge in [0.2, 0.25) is 0 Å². The number of thiazole rings is 1. The highest BCUT2D eigenvalue weighted by atomic mass is 32.1. The Morgan fingerprint density at radius 3 is 2.82 bits per heavy atom. The van der Waals surface area contributed by atoms with E-state index in [2.05, 4.69) is 10.3 Å². The molecule has 0 radical (unpaired) electrons. The van der Waals surface area contributed by atoms with Gasteiger partial charge in [-0.3, -0.25) is 0 Å². The lowest BCUT2D eigenvalue weighted by atomic mass is 10.2. The van der Waals surface area contributed by atoms with Crippen LogP contribution in [0, 0.1) is 6.92 Å². The summed E-state index contributed by atoms with van der Waals surface area (Å²) in [4.78, 5) is 2.84. The second kappa shape index (κ2) is 6.97. The number of benzene rings is 1. The fourth-order valence-electron chi connectivity index (χ4n) is 1.65. The molecule has 0 amide bonds. The number of rotatable bonds is 6. The molecule has 1 heterocycles. The van der Waals surface area contributed by atoms with Crippen molar-refractivity contribution in [2.45, 2.75) is 19.2 Å². The summed E-state index contributed by atoms with van der Waals surface area (Å²) in [6.07, 6.45) is -4.49. The van der Waals surface area contributed by atoms with E-state index < -0.39 is 17.2 Å². The van der Waals surface area contributed by atoms with Crippen LogP contribution in [0.3, 0.4) is 0 Å². The molecule has 2 aromatic rings. The van der Waals surface area contributed by atoms with Gasteiger partial charge in [0.05, 0.1) is 6.20 Å². The van der Waals surface area contributed by atoms with Crippen LogP contribution >= 0.6 is 11.3 Å². The van der Waals surface area contributed by atoms with Gasteiger partial charge in [0, 0.05) is 6.54 Å². The molecule has 2 N–H and O–H groups in total. The number of hydrogen-bond donors (Lipinski definition) is 2. The molecule has 1 aromatic carbocycles. The third-order valence-corrected chi connectivity index (χ3v) is 3.71. The van der Waals surface area contributed by atoms with Gasteiger partial charge < -0.3 is 15.2 Å². The van der Waals surface area contributed by atoms with Crippen LogP contribution in [0.15, 0.2) is 30.5 Å². The molecule has 1 unspecified atom stereocenters. The number of ether oxygens (including phenoxy) is 1. The molecule has 0 bridgehead atoms. The molecule has 0 saturated carbocycles. The van der Waals surface area contributed by atoms with Crippen molar-refractivity contribution < 1.29 is 23.0 Å². The second-order valence-corrected chi connectivity index (χ2v) is 5.72. The van der Waals surface area contributed by atoms with Crippen molar-refractivity contribution >= 4 is 16.5 Å². The van der Waals surface area contributed by atoms with Gasteiger partial charge in [0.1, 0.15) is 23.3 Å². The number of aryl methyl sites for hydroxylation is 1. The first kappa shape index (κ1) is 16.6. The third kappa shape index (κ3) is 4.88. The number of aliphatic hydroxyl groups is 1. The van der Waals surface area contributed by atoms with Gasteiger partial charge in [-0.25, -0.2) is 4.98 Å². The Labute approximate surface area is 129 Å². The molecule has 2 rings (SSSR count). The van der Waals surface area contributed by atoms with Gasteiger partial charge in [-0.15, -0.1) is 0 Å². The zero-order valence-corrected chi connectivity index (χ0v) is 12.5. The maximum Gasteiger partial charge on any atom is 0.427 e. The van der Waals surface area contributed by atoms with E-state index in [4.69, 9.17) is 4.74 Å². The summed E-state index contributed by atoms with van der Waals surface area (Å²) < 4.78 is 42.7. The molecular weight excluding hydrogens is 317 g/mol. The monoisotopic (exact) mass is 332 g/mol. The van der Waals surface area contributed by atoms with E-state index in [1.54, 1.807) is 6.07 Å². The van der Waals surface area contributed by atoms with Crippen molar-refractivity contribution in [2.75, 3.05) is 18.5 Å². The molecule has 0 saturated heterocycles. The van der Waals surface area contributed by atoms with Crippen molar-refractivity contribution in [2.24, 2.45) is 0 Å². The predicted molar refractivity (Wildman–Crippen MR) is 78.3 cm³/mol. The summed E-state index contributed by atoms with van der Waals surface area (Å²) >= 11 is 0.499. The van der Waals surface area contributed by atoms with Crippen molar-refractivity contribution in [1.29, 1.82) is 0 Å². The Kier molecular flexibility index (Phi) is 5.25. The summed E-state index contributed by atoms with van der Waals surface area (Å²) in [6, 6.07) is 7.36. The van der Waals surface area contributed by atoms with Gasteiger partial charge in [-0.1, -0.05) is 23.5 Å². The highest BCUT2D eigenvalue weighted by Gasteiger charge is 2.33. The van der Waals surface area contributed by atoms with Crippen LogP contribution in [0.4, 0.5) is 18.3 Å². The molecule has 1 aromatic heterocycles. The quantitative estimate of drug-likeness (QED) is 0.852. The zero-order chi connectivity index (χ0) is 16.2. The number of halogens is 3. The van der Waals surface area contributed by atoms with Crippen LogP contribution in [-0.2, 0) is 6.18 Å². The van der Waals surface area contributed by atoms with E-state index in [-0.39, 0.29) is 18.3 Å². The smallest absolute Gasteiger partial charge is 0.427 e. The average Bonchev–Trinajstić information content (AvgIpc) is 2.92. The minimum absolute atomic E-state index is 0.0357. The van der Waals surface area contributed by atoms with Crippen LogP contribution in [0.2, 0.25) is 0 Å². The minimum Gasteiger partial charge on any atom is -0.491 e. The van der Waals surface area contributed by atoms with Crippen molar-refractivity contribution in [1.82, 2.24) is 4.98 Å². The summed E-state index contributed by atoms with van der Waals surface area (Å²) in [5.41, 5.74) is 1.03. The zero-order valence-electron chi connectivity index (χ0n) is 11.7. The second-order valence-electron chi connectivity index (χ2n) is 4.69. The van der Waals surface area contributed by atoms with Crippen LogP contribution < -0.4 is 10.1 Å². The Bertz CT molecular complexity index is 616. The maximum absolute atomic E-state index is 12.4. The highest BCUT2D eigenvalue weighted by Crippen LogP contribution is 2.34. The SMILES string of the molecule is Cc1cccc(OCC(O)CNc2ncc(C(F)(F)F)s2)c1. The molecule has 0 fully saturated rings. The molecular formula is C14H15F3N2O2S. The van der Waals surface area contributed by atoms with Crippen molar-refractivity contribution in [3.8, 4) is 5.75 Å². The minimum atomic E-state index is -4.40. The number of hydrogen-bond acceptors (Lipinski definition) is 5. The van der Waals surface area contributed by atoms with E-state index in [0.29, 0.717) is 17.1 Å². The summed E-state index contributed by atoms with van der Waals surface area (Å²) in [5.74, 6) is 0.632. The molecule has 0 aliphatic heterocycles. The maximum atomic E-state index is 12.4. The van der Waals surface area contributed by atoms with Crippen LogP contribution in [0.5, 0.6) is 5.75 Å². The van der Waals surface area contributed by atoms with Crippen LogP contribution in [0.25, 0.3) is 0 Å². The Balaban J connectivity index is 1.78. The summed E-state index contributed by atoms with van der Waals surface area (Å²) in [6.45, 7) is 2.01. The van der Waals surface area contributed by atoms with Gasteiger partial charge in [0.15, 0.2) is 5.13 Å². The van der Waals surface area contributed by atoms with Gasteiger partial charge in [0.25, 0.3) is 0 Å². The lowest BCUT2D eigenvalue weighted by molar-refractivity contribution is -0.134. The van der Waals surface area contributed by atoms with Crippen LogP contribution in [-0.4, -0.2) is 29.3 Å². The Hall–Kier alpha value is -1.80. The molecule has 0 aliphatic rings. The number of aliphatic hydroxyl groups excluding tert-OH is 1. The first-order valence-electron chi connectivity index (χ1n) is 6.49. The molecule has 120 valence electrons. The normalized spacial score (nSPS) is 13.0. The largest absolute Gasteiger partial charge is 0.491 e.